The molecule has 0 aromatic heterocycles. The second-order valence-corrected chi connectivity index (χ2v) is 13.4. The molecule has 3 aromatic carbocycles. The Labute approximate surface area is 304 Å². The molecule has 4 aliphatic rings. The third-order valence-corrected chi connectivity index (χ3v) is 9.52. The largest absolute Gasteiger partial charge is 0.459 e. The number of ether oxygens (including phenoxy) is 8. The van der Waals surface area contributed by atoms with Gasteiger partial charge in [-0.15, -0.1) is 0 Å². The van der Waals surface area contributed by atoms with E-state index in [4.69, 9.17) is 37.9 Å². The first kappa shape index (κ1) is 36.8. The number of aliphatic hydroxyl groups excluding tert-OH is 2. The van der Waals surface area contributed by atoms with Crippen molar-refractivity contribution in [3.63, 3.8) is 0 Å². The van der Waals surface area contributed by atoms with E-state index in [-0.39, 0.29) is 23.3 Å². The van der Waals surface area contributed by atoms with Crippen molar-refractivity contribution in [2.24, 2.45) is 0 Å². The van der Waals surface area contributed by atoms with Gasteiger partial charge in [0, 0.05) is 7.11 Å². The highest BCUT2D eigenvalue weighted by Crippen LogP contribution is 2.40. The summed E-state index contributed by atoms with van der Waals surface area (Å²) >= 11 is 0. The smallest absolute Gasteiger partial charge is 0.338 e. The molecule has 2 N–H and O–H groups in total. The molecule has 280 valence electrons. The van der Waals surface area contributed by atoms with Crippen LogP contribution in [0.2, 0.25) is 0 Å². The Hall–Kier alpha value is -4.58. The number of rotatable bonds is 10. The molecule has 3 fully saturated rings. The predicted octanol–water partition coefficient (Wildman–Crippen LogP) is 2.09. The Balaban J connectivity index is 1.17. The second-order valence-electron chi connectivity index (χ2n) is 13.4. The molecule has 0 aliphatic carbocycles. The molecule has 0 saturated carbocycles. The first-order chi connectivity index (χ1) is 25.5. The number of hydrogen-bond acceptors (Lipinski definition) is 14. The third-order valence-electron chi connectivity index (χ3n) is 9.52. The number of hydrogen-bond donors (Lipinski definition) is 2. The monoisotopic (exact) mass is 733 g/mol. The summed E-state index contributed by atoms with van der Waals surface area (Å²) in [5.41, 5.74) is 0.808. The maximum Gasteiger partial charge on any atom is 0.338 e. The summed E-state index contributed by atoms with van der Waals surface area (Å²) in [6, 6.07) is 21.2. The average Bonchev–Trinajstić information content (AvgIpc) is 3.64. The topological polar surface area (TPSA) is 186 Å². The van der Waals surface area contributed by atoms with Gasteiger partial charge in [0.15, 0.2) is 18.4 Å². The first-order valence-electron chi connectivity index (χ1n) is 17.1. The van der Waals surface area contributed by atoms with Gasteiger partial charge in [0.1, 0.15) is 62.0 Å². The standard InChI is InChI=1S/C38H39NO14/c1-38(2)52-30-25(19-48-35(45)21-14-8-5-9-15-21)50-37(28(41)31(30)53-38)51-29-24(18-47-34(44)20-12-6-4-7-13-20)49-36(46-3)26(27(29)40)39-32(42)22-16-10-11-17-23(22)33(39)43/h4-17,24-31,36-37,40-41H,18-19H2,1-3H3/t24-,25-,26-,27-,28-,29-,30+,31-,36-,37+/m1/s1. The Bertz CT molecular complexity index is 1790. The number of benzene rings is 3. The van der Waals surface area contributed by atoms with Crippen molar-refractivity contribution in [2.45, 2.75) is 81.0 Å². The van der Waals surface area contributed by atoms with E-state index in [1.165, 1.54) is 19.2 Å². The van der Waals surface area contributed by atoms with Crippen molar-refractivity contribution >= 4 is 23.8 Å². The van der Waals surface area contributed by atoms with Gasteiger partial charge in [-0.25, -0.2) is 9.59 Å². The zero-order valence-electron chi connectivity index (χ0n) is 29.0. The lowest BCUT2D eigenvalue weighted by molar-refractivity contribution is -0.341. The van der Waals surface area contributed by atoms with Crippen LogP contribution < -0.4 is 0 Å². The van der Waals surface area contributed by atoms with Crippen LogP contribution in [0.3, 0.4) is 0 Å². The molecule has 7 rings (SSSR count). The third kappa shape index (κ3) is 7.22. The highest BCUT2D eigenvalue weighted by atomic mass is 16.8. The molecule has 3 aromatic rings. The van der Waals surface area contributed by atoms with E-state index in [9.17, 15) is 29.4 Å². The molecule has 2 amide bonds. The minimum Gasteiger partial charge on any atom is -0.459 e. The van der Waals surface area contributed by atoms with Crippen LogP contribution in [0.5, 0.6) is 0 Å². The molecular weight excluding hydrogens is 694 g/mol. The number of fused-ring (bicyclic) bond motifs is 2. The summed E-state index contributed by atoms with van der Waals surface area (Å²) in [5, 5.41) is 23.7. The van der Waals surface area contributed by atoms with Crippen molar-refractivity contribution in [3.8, 4) is 0 Å². The van der Waals surface area contributed by atoms with Gasteiger partial charge in [0.05, 0.1) is 22.3 Å². The number of imide groups is 1. The lowest BCUT2D eigenvalue weighted by Gasteiger charge is -2.48. The predicted molar refractivity (Wildman–Crippen MR) is 179 cm³/mol. The number of carbonyl (C=O) groups is 4. The highest BCUT2D eigenvalue weighted by molar-refractivity contribution is 6.21. The van der Waals surface area contributed by atoms with Gasteiger partial charge >= 0.3 is 11.9 Å². The first-order valence-corrected chi connectivity index (χ1v) is 17.1. The highest BCUT2D eigenvalue weighted by Gasteiger charge is 2.59. The molecule has 15 nitrogen and oxygen atoms in total. The van der Waals surface area contributed by atoms with Crippen molar-refractivity contribution in [2.75, 3.05) is 20.3 Å². The molecule has 4 heterocycles. The van der Waals surface area contributed by atoms with Crippen LogP contribution in [0.1, 0.15) is 55.3 Å². The number of aliphatic hydroxyl groups is 2. The van der Waals surface area contributed by atoms with E-state index in [1.807, 2.05) is 0 Å². The molecule has 3 saturated heterocycles. The molecule has 0 bridgehead atoms. The fraction of sp³-hybridized carbons (Fsp3) is 0.421. The fourth-order valence-corrected chi connectivity index (χ4v) is 7.04. The van der Waals surface area contributed by atoms with E-state index in [0.717, 1.165) is 4.90 Å². The second kappa shape index (κ2) is 15.0. The van der Waals surface area contributed by atoms with Crippen LogP contribution in [-0.4, -0.2) is 126 Å². The van der Waals surface area contributed by atoms with Gasteiger partial charge in [-0.05, 0) is 50.2 Å². The van der Waals surface area contributed by atoms with Crippen molar-refractivity contribution in [1.29, 1.82) is 0 Å². The Kier molecular flexibility index (Phi) is 10.4. The number of amides is 2. The van der Waals surface area contributed by atoms with Crippen LogP contribution in [0, 0.1) is 0 Å². The zero-order valence-corrected chi connectivity index (χ0v) is 29.0. The summed E-state index contributed by atoms with van der Waals surface area (Å²) in [5.74, 6) is -3.87. The maximum atomic E-state index is 13.6. The fourth-order valence-electron chi connectivity index (χ4n) is 7.04. The Morgan fingerprint density at radius 3 is 1.74 bits per heavy atom. The molecule has 0 unspecified atom stereocenters. The minimum absolute atomic E-state index is 0.127. The van der Waals surface area contributed by atoms with Crippen molar-refractivity contribution in [1.82, 2.24) is 4.90 Å². The summed E-state index contributed by atoms with van der Waals surface area (Å²) in [6.45, 7) is 2.48. The van der Waals surface area contributed by atoms with Gasteiger partial charge in [-0.2, -0.15) is 0 Å². The lowest BCUT2D eigenvalue weighted by atomic mass is 9.94. The average molecular weight is 734 g/mol. The van der Waals surface area contributed by atoms with Gasteiger partial charge in [0.2, 0.25) is 0 Å². The normalized spacial score (nSPS) is 31.8. The van der Waals surface area contributed by atoms with E-state index in [2.05, 4.69) is 0 Å². The molecule has 0 radical (unpaired) electrons. The van der Waals surface area contributed by atoms with Crippen molar-refractivity contribution in [3.05, 3.63) is 107 Å². The van der Waals surface area contributed by atoms with Gasteiger partial charge in [-0.3, -0.25) is 14.5 Å². The number of carbonyl (C=O) groups excluding carboxylic acids is 4. The lowest BCUT2D eigenvalue weighted by Crippen LogP contribution is -2.68. The Morgan fingerprint density at radius 2 is 1.19 bits per heavy atom. The molecule has 53 heavy (non-hydrogen) atoms. The van der Waals surface area contributed by atoms with Crippen LogP contribution in [-0.2, 0) is 37.9 Å². The summed E-state index contributed by atoms with van der Waals surface area (Å²) in [4.78, 5) is 53.9. The van der Waals surface area contributed by atoms with E-state index < -0.39 is 97.5 Å². The Morgan fingerprint density at radius 1 is 0.698 bits per heavy atom. The summed E-state index contributed by atoms with van der Waals surface area (Å²) in [6.07, 6.45) is -12.0. The SMILES string of the molecule is CO[C@@H]1O[C@H](COC(=O)c2ccccc2)[C@@H](O[C@@H]2O[C@H](COC(=O)c3ccccc3)[C@@H]3OC(C)(C)O[C@@H]3[C@H]2O)[C@H](O)[C@H]1N1C(=O)c2ccccc2C1=O. The van der Waals surface area contributed by atoms with Gasteiger partial charge in [-0.1, -0.05) is 48.5 Å². The van der Waals surface area contributed by atoms with Gasteiger partial charge < -0.3 is 48.1 Å². The molecular formula is C38H39NO14. The summed E-state index contributed by atoms with van der Waals surface area (Å²) in [7, 11) is 1.27. The van der Waals surface area contributed by atoms with E-state index in [0.29, 0.717) is 5.56 Å². The summed E-state index contributed by atoms with van der Waals surface area (Å²) < 4.78 is 47.5. The number of methoxy groups -OCH3 is 1. The molecule has 0 spiro atoms. The van der Waals surface area contributed by atoms with Gasteiger partial charge in [0.25, 0.3) is 11.8 Å². The van der Waals surface area contributed by atoms with E-state index >= 15 is 0 Å². The minimum atomic E-state index is -1.74. The molecule has 15 heteroatoms. The van der Waals surface area contributed by atoms with Crippen LogP contribution in [0.25, 0.3) is 0 Å². The number of esters is 2. The molecule has 4 aliphatic heterocycles. The quantitative estimate of drug-likeness (QED) is 0.228. The number of nitrogens with zero attached hydrogens (tertiary/aromatic N) is 1. The van der Waals surface area contributed by atoms with Crippen LogP contribution in [0.15, 0.2) is 84.9 Å². The van der Waals surface area contributed by atoms with Crippen molar-refractivity contribution < 1.29 is 67.3 Å². The van der Waals surface area contributed by atoms with Crippen LogP contribution >= 0.6 is 0 Å². The van der Waals surface area contributed by atoms with Crippen LogP contribution in [0.4, 0.5) is 0 Å². The van der Waals surface area contributed by atoms with E-state index in [1.54, 1.807) is 86.6 Å². The maximum absolute atomic E-state index is 13.6. The zero-order chi connectivity index (χ0) is 37.4. The molecule has 10 atom stereocenters.